The van der Waals surface area contributed by atoms with E-state index in [0.29, 0.717) is 17.7 Å². The molecule has 27 heavy (non-hydrogen) atoms. The molecule has 2 aromatic rings. The molecule has 12 heteroatoms. The number of carboxylic acids is 1. The van der Waals surface area contributed by atoms with Gasteiger partial charge < -0.3 is 25.2 Å². The molecule has 1 aliphatic rings. The molecule has 3 heterocycles. The van der Waals surface area contributed by atoms with E-state index in [1.807, 2.05) is 0 Å². The number of rotatable bonds is 5. The number of aromatic nitrogens is 4. The first kappa shape index (κ1) is 19.0. The number of fused-ring (bicyclic) bond motifs is 1. The molecule has 3 atom stereocenters. The van der Waals surface area contributed by atoms with Gasteiger partial charge in [0.05, 0.1) is 43.3 Å². The second kappa shape index (κ2) is 7.12. The van der Waals surface area contributed by atoms with E-state index in [1.54, 1.807) is 4.57 Å². The summed E-state index contributed by atoms with van der Waals surface area (Å²) in [7, 11) is 0. The second-order valence-electron chi connectivity index (χ2n) is 6.07. The Morgan fingerprint density at radius 3 is 2.70 bits per heavy atom. The van der Waals surface area contributed by atoms with Crippen molar-refractivity contribution in [1.29, 1.82) is 0 Å². The van der Waals surface area contributed by atoms with Crippen molar-refractivity contribution in [2.75, 3.05) is 5.32 Å². The largest absolute Gasteiger partial charge is 0.481 e. The Morgan fingerprint density at radius 2 is 2.04 bits per heavy atom. The van der Waals surface area contributed by atoms with E-state index < -0.39 is 36.1 Å². The summed E-state index contributed by atoms with van der Waals surface area (Å²) in [6, 6.07) is -1.00. The molecule has 2 aromatic heterocycles. The highest BCUT2D eigenvalue weighted by atomic mass is 19.4. The number of carbonyl (C=O) groups is 1. The number of hydrogen-bond donors (Lipinski definition) is 4. The van der Waals surface area contributed by atoms with E-state index in [1.165, 1.54) is 6.20 Å². The summed E-state index contributed by atoms with van der Waals surface area (Å²) in [5.74, 6) is -0.860. The first-order valence-electron chi connectivity index (χ1n) is 7.95. The molecule has 0 aromatic carbocycles. The van der Waals surface area contributed by atoms with Gasteiger partial charge in [0.1, 0.15) is 23.9 Å². The molecule has 9 nitrogen and oxygen atoms in total. The average Bonchev–Trinajstić information content (AvgIpc) is 2.99. The Kier molecular flexibility index (Phi) is 5.02. The standard InChI is InChI=1S/C15H16F3N5O4/c16-15(17,18)9-4-19-5-10(21-9)22-13-7-3-20-11(1-2-12(25)26)23(7)6-8(24)14(13)27/h3-5,8,13-14,24,27H,1-2,6H2,(H,21,22)(H,25,26)/t8-,13-,14-/m0/s1. The van der Waals surface area contributed by atoms with Gasteiger partial charge in [0.25, 0.3) is 0 Å². The third-order valence-electron chi connectivity index (χ3n) is 4.18. The van der Waals surface area contributed by atoms with Crippen LogP contribution in [0.15, 0.2) is 18.6 Å². The number of nitrogens with one attached hydrogen (secondary N) is 1. The number of aliphatic hydroxyl groups is 2. The Labute approximate surface area is 150 Å². The molecular formula is C15H16F3N5O4. The van der Waals surface area contributed by atoms with Crippen molar-refractivity contribution >= 4 is 11.8 Å². The fraction of sp³-hybridized carbons (Fsp3) is 0.467. The highest BCUT2D eigenvalue weighted by Gasteiger charge is 2.38. The van der Waals surface area contributed by atoms with Crippen LogP contribution in [0, 0.1) is 0 Å². The summed E-state index contributed by atoms with van der Waals surface area (Å²) < 4.78 is 39.9. The van der Waals surface area contributed by atoms with E-state index in [2.05, 4.69) is 20.3 Å². The maximum Gasteiger partial charge on any atom is 0.434 e. The lowest BCUT2D eigenvalue weighted by atomic mass is 9.98. The molecule has 4 N–H and O–H groups in total. The minimum absolute atomic E-state index is 0.0160. The number of anilines is 1. The molecule has 146 valence electrons. The molecule has 0 amide bonds. The lowest BCUT2D eigenvalue weighted by molar-refractivity contribution is -0.141. The third-order valence-corrected chi connectivity index (χ3v) is 4.18. The van der Waals surface area contributed by atoms with E-state index in [9.17, 15) is 28.2 Å². The average molecular weight is 387 g/mol. The number of nitrogens with zero attached hydrogens (tertiary/aromatic N) is 4. The summed E-state index contributed by atoms with van der Waals surface area (Å²) in [5.41, 5.74) is -0.804. The zero-order valence-electron chi connectivity index (χ0n) is 13.8. The zero-order valence-corrected chi connectivity index (χ0v) is 13.8. The Morgan fingerprint density at radius 1 is 1.30 bits per heavy atom. The number of aliphatic carboxylic acids is 1. The van der Waals surface area contributed by atoms with Crippen molar-refractivity contribution in [3.05, 3.63) is 35.8 Å². The molecule has 0 aliphatic carbocycles. The fourth-order valence-electron chi connectivity index (χ4n) is 2.89. The third kappa shape index (κ3) is 4.01. The minimum Gasteiger partial charge on any atom is -0.481 e. The zero-order chi connectivity index (χ0) is 19.8. The topological polar surface area (TPSA) is 133 Å². The molecule has 0 spiro atoms. The van der Waals surface area contributed by atoms with Gasteiger partial charge in [-0.3, -0.25) is 9.78 Å². The Balaban J connectivity index is 1.89. The van der Waals surface area contributed by atoms with E-state index in [-0.39, 0.29) is 25.2 Å². The molecule has 0 bridgehead atoms. The first-order valence-corrected chi connectivity index (χ1v) is 7.95. The van der Waals surface area contributed by atoms with Crippen LogP contribution in [0.4, 0.5) is 19.0 Å². The molecule has 0 radical (unpaired) electrons. The van der Waals surface area contributed by atoms with Gasteiger partial charge in [0.2, 0.25) is 0 Å². The van der Waals surface area contributed by atoms with Crippen LogP contribution in [0.25, 0.3) is 0 Å². The van der Waals surface area contributed by atoms with Crippen LogP contribution in [-0.4, -0.2) is 53.0 Å². The van der Waals surface area contributed by atoms with Gasteiger partial charge in [-0.1, -0.05) is 0 Å². The maximum atomic E-state index is 12.8. The van der Waals surface area contributed by atoms with Gasteiger partial charge in [0, 0.05) is 6.42 Å². The van der Waals surface area contributed by atoms with Crippen molar-refractivity contribution in [1.82, 2.24) is 19.5 Å². The Bertz CT molecular complexity index is 841. The second-order valence-corrected chi connectivity index (χ2v) is 6.07. The van der Waals surface area contributed by atoms with Crippen LogP contribution in [0.1, 0.15) is 29.7 Å². The number of aryl methyl sites for hydroxylation is 1. The summed E-state index contributed by atoms with van der Waals surface area (Å²) in [6.45, 7) is -0.0160. The van der Waals surface area contributed by atoms with Gasteiger partial charge in [-0.25, -0.2) is 9.97 Å². The first-order chi connectivity index (χ1) is 12.7. The van der Waals surface area contributed by atoms with Crippen LogP contribution < -0.4 is 5.32 Å². The van der Waals surface area contributed by atoms with Crippen molar-refractivity contribution in [3.63, 3.8) is 0 Å². The molecule has 1 aliphatic heterocycles. The fourth-order valence-corrected chi connectivity index (χ4v) is 2.89. The van der Waals surface area contributed by atoms with Crippen molar-refractivity contribution in [3.8, 4) is 0 Å². The molecule has 3 rings (SSSR count). The molecular weight excluding hydrogens is 371 g/mol. The normalized spacial score (nSPS) is 22.3. The van der Waals surface area contributed by atoms with Crippen molar-refractivity contribution < 1.29 is 33.3 Å². The van der Waals surface area contributed by atoms with Crippen LogP contribution >= 0.6 is 0 Å². The number of carboxylic acid groups (broad SMARTS) is 1. The summed E-state index contributed by atoms with van der Waals surface area (Å²) in [5, 5.41) is 31.8. The smallest absolute Gasteiger partial charge is 0.434 e. The molecule has 0 saturated heterocycles. The van der Waals surface area contributed by atoms with Crippen molar-refractivity contribution in [2.45, 2.75) is 43.8 Å². The van der Waals surface area contributed by atoms with Crippen molar-refractivity contribution in [2.24, 2.45) is 0 Å². The lowest BCUT2D eigenvalue weighted by Crippen LogP contribution is -2.44. The predicted octanol–water partition coefficient (Wildman–Crippen LogP) is 0.598. The lowest BCUT2D eigenvalue weighted by Gasteiger charge is -2.34. The van der Waals surface area contributed by atoms with Crippen LogP contribution in [-0.2, 0) is 23.9 Å². The van der Waals surface area contributed by atoms with E-state index >= 15 is 0 Å². The number of hydrogen-bond acceptors (Lipinski definition) is 7. The van der Waals surface area contributed by atoms with Crippen LogP contribution in [0.3, 0.4) is 0 Å². The van der Waals surface area contributed by atoms with Crippen LogP contribution in [0.5, 0.6) is 0 Å². The maximum absolute atomic E-state index is 12.8. The van der Waals surface area contributed by atoms with Gasteiger partial charge in [-0.15, -0.1) is 0 Å². The summed E-state index contributed by atoms with van der Waals surface area (Å²) in [4.78, 5) is 21.8. The van der Waals surface area contributed by atoms with Gasteiger partial charge in [-0.2, -0.15) is 13.2 Å². The van der Waals surface area contributed by atoms with E-state index in [4.69, 9.17) is 5.11 Å². The minimum atomic E-state index is -4.68. The van der Waals surface area contributed by atoms with Gasteiger partial charge in [-0.05, 0) is 0 Å². The molecule has 0 saturated carbocycles. The van der Waals surface area contributed by atoms with E-state index in [0.717, 1.165) is 6.20 Å². The summed E-state index contributed by atoms with van der Waals surface area (Å²) in [6.07, 6.45) is -4.29. The SMILES string of the molecule is O=C(O)CCc1ncc2n1C[C@H](O)[C@H](O)[C@H]2Nc1cncc(C(F)(F)F)n1. The quantitative estimate of drug-likeness (QED) is 0.586. The molecule has 0 fully saturated rings. The Hall–Kier alpha value is -2.73. The number of halogens is 3. The number of imidazole rings is 1. The van der Waals surface area contributed by atoms with Gasteiger partial charge >= 0.3 is 12.1 Å². The van der Waals surface area contributed by atoms with Crippen LogP contribution in [0.2, 0.25) is 0 Å². The predicted molar refractivity (Wildman–Crippen MR) is 83.6 cm³/mol. The monoisotopic (exact) mass is 387 g/mol. The summed E-state index contributed by atoms with van der Waals surface area (Å²) >= 11 is 0. The number of aliphatic hydroxyl groups excluding tert-OH is 2. The highest BCUT2D eigenvalue weighted by Crippen LogP contribution is 2.32. The highest BCUT2D eigenvalue weighted by molar-refractivity contribution is 5.66. The van der Waals surface area contributed by atoms with Gasteiger partial charge in [0.15, 0.2) is 5.69 Å². The molecule has 0 unspecified atom stereocenters. The number of alkyl halides is 3.